The van der Waals surface area contributed by atoms with Crippen LogP contribution in [0.1, 0.15) is 57.6 Å². The van der Waals surface area contributed by atoms with Gasteiger partial charge in [-0.05, 0) is 44.4 Å². The van der Waals surface area contributed by atoms with E-state index >= 15 is 0 Å². The SMILES string of the molecule is CC[C@]1(O)C[C@]2(C(=O)N(C(=O)OC(C)(C)C)c3ccccc32)[C@H](c2ccccc2)[C@H]1[N+](=O)[O-]. The standard InChI is InChI=1S/C25H28N2O6/c1-5-24(30)15-25(19(20(24)27(31)32)16-11-7-6-8-12-16)17-13-9-10-14-18(17)26(21(25)28)22(29)33-23(2,3)4/h6-14,19-20,30H,5,15H2,1-4H3/t19-,20-,24+,25-/m1/s1. The number of nitrogens with zero attached hydrogens (tertiary/aromatic N) is 2. The first-order valence-electron chi connectivity index (χ1n) is 11.0. The van der Waals surface area contributed by atoms with Gasteiger partial charge in [-0.25, -0.2) is 9.69 Å². The number of hydrogen-bond donors (Lipinski definition) is 1. The van der Waals surface area contributed by atoms with Crippen molar-refractivity contribution in [3.05, 3.63) is 75.8 Å². The van der Waals surface area contributed by atoms with Crippen LogP contribution in [-0.2, 0) is 14.9 Å². The maximum atomic E-state index is 14.2. The fourth-order valence-electron chi connectivity index (χ4n) is 5.49. The number of carbonyl (C=O) groups is 2. The van der Waals surface area contributed by atoms with Crippen molar-refractivity contribution in [1.82, 2.24) is 0 Å². The van der Waals surface area contributed by atoms with E-state index in [1.165, 1.54) is 0 Å². The molecule has 2 aromatic carbocycles. The molecule has 4 rings (SSSR count). The fraction of sp³-hybridized carbons (Fsp3) is 0.440. The van der Waals surface area contributed by atoms with Gasteiger partial charge in [-0.15, -0.1) is 0 Å². The maximum Gasteiger partial charge on any atom is 0.421 e. The number of benzene rings is 2. The molecule has 0 bridgehead atoms. The number of carbonyl (C=O) groups excluding carboxylic acids is 2. The Hall–Kier alpha value is -3.26. The van der Waals surface area contributed by atoms with Gasteiger partial charge in [0.15, 0.2) is 0 Å². The van der Waals surface area contributed by atoms with Gasteiger partial charge in [0.25, 0.3) is 0 Å². The Kier molecular flexibility index (Phi) is 5.32. The average molecular weight is 453 g/mol. The molecule has 8 nitrogen and oxygen atoms in total. The quantitative estimate of drug-likeness (QED) is 0.553. The summed E-state index contributed by atoms with van der Waals surface area (Å²) in [5.74, 6) is -1.58. The number of nitro groups is 1. The molecule has 8 heteroatoms. The Balaban J connectivity index is 1.98. The number of rotatable bonds is 3. The summed E-state index contributed by atoms with van der Waals surface area (Å²) in [5, 5.41) is 23.9. The Morgan fingerprint density at radius 1 is 1.18 bits per heavy atom. The van der Waals surface area contributed by atoms with Gasteiger partial charge in [0.2, 0.25) is 11.9 Å². The van der Waals surface area contributed by atoms with Crippen LogP contribution in [0.25, 0.3) is 0 Å². The minimum absolute atomic E-state index is 0.0889. The van der Waals surface area contributed by atoms with Gasteiger partial charge >= 0.3 is 6.09 Å². The third-order valence-electron chi connectivity index (χ3n) is 6.77. The van der Waals surface area contributed by atoms with Crippen LogP contribution in [0, 0.1) is 10.1 Å². The van der Waals surface area contributed by atoms with Crippen LogP contribution >= 0.6 is 0 Å². The van der Waals surface area contributed by atoms with Gasteiger partial charge in [0, 0.05) is 11.3 Å². The lowest BCUT2D eigenvalue weighted by Gasteiger charge is -2.30. The lowest BCUT2D eigenvalue weighted by molar-refractivity contribution is -0.544. The number of anilines is 1. The van der Waals surface area contributed by atoms with E-state index in [1.54, 1.807) is 82.3 Å². The van der Waals surface area contributed by atoms with Crippen molar-refractivity contribution in [1.29, 1.82) is 0 Å². The summed E-state index contributed by atoms with van der Waals surface area (Å²) >= 11 is 0. The van der Waals surface area contributed by atoms with E-state index in [9.17, 15) is 24.8 Å². The number of aliphatic hydroxyl groups is 1. The highest BCUT2D eigenvalue weighted by atomic mass is 16.6. The van der Waals surface area contributed by atoms with E-state index in [4.69, 9.17) is 4.74 Å². The van der Waals surface area contributed by atoms with E-state index in [2.05, 4.69) is 0 Å². The third-order valence-corrected chi connectivity index (χ3v) is 6.77. The first-order valence-corrected chi connectivity index (χ1v) is 11.0. The van der Waals surface area contributed by atoms with Crippen LogP contribution in [0.15, 0.2) is 54.6 Å². The first-order chi connectivity index (χ1) is 15.5. The zero-order valence-electron chi connectivity index (χ0n) is 19.1. The topological polar surface area (TPSA) is 110 Å². The minimum atomic E-state index is -1.74. The van der Waals surface area contributed by atoms with Gasteiger partial charge in [0.1, 0.15) is 11.2 Å². The highest BCUT2D eigenvalue weighted by molar-refractivity contribution is 6.22. The molecule has 1 fully saturated rings. The molecule has 0 unspecified atom stereocenters. The number of amides is 2. The summed E-state index contributed by atoms with van der Waals surface area (Å²) in [6.45, 7) is 6.78. The largest absolute Gasteiger partial charge is 0.443 e. The fourth-order valence-corrected chi connectivity index (χ4v) is 5.49. The van der Waals surface area contributed by atoms with E-state index < -0.39 is 45.5 Å². The Bertz CT molecular complexity index is 1110. The molecule has 33 heavy (non-hydrogen) atoms. The van der Waals surface area contributed by atoms with Crippen molar-refractivity contribution < 1.29 is 24.4 Å². The number of para-hydroxylation sites is 1. The Labute approximate surface area is 192 Å². The highest BCUT2D eigenvalue weighted by Crippen LogP contribution is 2.62. The molecule has 1 spiro atoms. The van der Waals surface area contributed by atoms with E-state index in [0.717, 1.165) is 4.90 Å². The summed E-state index contributed by atoms with van der Waals surface area (Å²) in [5.41, 5.74) is -2.68. The molecule has 1 N–H and O–H groups in total. The van der Waals surface area contributed by atoms with Crippen molar-refractivity contribution in [2.45, 2.75) is 69.1 Å². The van der Waals surface area contributed by atoms with Gasteiger partial charge < -0.3 is 9.84 Å². The lowest BCUT2D eigenvalue weighted by atomic mass is 9.69. The Morgan fingerprint density at radius 2 is 1.79 bits per heavy atom. The van der Waals surface area contributed by atoms with Gasteiger partial charge in [0.05, 0.1) is 17.0 Å². The molecule has 174 valence electrons. The first kappa shape index (κ1) is 22.9. The zero-order valence-corrected chi connectivity index (χ0v) is 19.1. The van der Waals surface area contributed by atoms with Crippen molar-refractivity contribution in [3.63, 3.8) is 0 Å². The van der Waals surface area contributed by atoms with Gasteiger partial charge in [-0.1, -0.05) is 55.5 Å². The normalized spacial score (nSPS) is 28.8. The summed E-state index contributed by atoms with van der Waals surface area (Å²) in [6.07, 6.45) is -0.920. The van der Waals surface area contributed by atoms with Crippen LogP contribution in [0.5, 0.6) is 0 Å². The smallest absolute Gasteiger partial charge is 0.421 e. The second-order valence-corrected chi connectivity index (χ2v) is 9.86. The van der Waals surface area contributed by atoms with Crippen molar-refractivity contribution in [3.8, 4) is 0 Å². The molecule has 1 saturated carbocycles. The molecule has 2 aromatic rings. The van der Waals surface area contributed by atoms with Gasteiger partial charge in [-0.2, -0.15) is 0 Å². The summed E-state index contributed by atoms with van der Waals surface area (Å²) in [6, 6.07) is 14.1. The number of imide groups is 1. The lowest BCUT2D eigenvalue weighted by Crippen LogP contribution is -2.48. The van der Waals surface area contributed by atoms with E-state index in [-0.39, 0.29) is 12.8 Å². The predicted molar refractivity (Wildman–Crippen MR) is 122 cm³/mol. The van der Waals surface area contributed by atoms with Crippen LogP contribution in [0.4, 0.5) is 10.5 Å². The second kappa shape index (κ2) is 7.66. The Morgan fingerprint density at radius 3 is 2.36 bits per heavy atom. The van der Waals surface area contributed by atoms with E-state index in [1.807, 2.05) is 0 Å². The van der Waals surface area contributed by atoms with Crippen molar-refractivity contribution >= 4 is 17.7 Å². The predicted octanol–water partition coefficient (Wildman–Crippen LogP) is 4.18. The minimum Gasteiger partial charge on any atom is -0.443 e. The van der Waals surface area contributed by atoms with Crippen molar-refractivity contribution in [2.24, 2.45) is 0 Å². The molecular formula is C25H28N2O6. The van der Waals surface area contributed by atoms with Crippen molar-refractivity contribution in [2.75, 3.05) is 4.90 Å². The zero-order chi connectivity index (χ0) is 24.2. The maximum absolute atomic E-state index is 14.2. The van der Waals surface area contributed by atoms with E-state index in [0.29, 0.717) is 16.8 Å². The monoisotopic (exact) mass is 452 g/mol. The van der Waals surface area contributed by atoms with Crippen LogP contribution < -0.4 is 4.90 Å². The summed E-state index contributed by atoms with van der Waals surface area (Å²) in [7, 11) is 0. The molecule has 0 aromatic heterocycles. The average Bonchev–Trinajstić information content (AvgIpc) is 3.17. The van der Waals surface area contributed by atoms with Crippen LogP contribution in [-0.4, -0.2) is 39.3 Å². The number of fused-ring (bicyclic) bond motifs is 2. The third kappa shape index (κ3) is 3.40. The molecule has 2 amide bonds. The summed E-state index contributed by atoms with van der Waals surface area (Å²) < 4.78 is 5.51. The molecule has 1 aliphatic heterocycles. The summed E-state index contributed by atoms with van der Waals surface area (Å²) in [4.78, 5) is 40.2. The highest BCUT2D eigenvalue weighted by Gasteiger charge is 2.73. The molecule has 4 atom stereocenters. The molecule has 1 heterocycles. The molecule has 0 radical (unpaired) electrons. The molecule has 2 aliphatic rings. The molecule has 1 aliphatic carbocycles. The molecule has 0 saturated heterocycles. The molecular weight excluding hydrogens is 424 g/mol. The number of hydrogen-bond acceptors (Lipinski definition) is 6. The van der Waals surface area contributed by atoms with Crippen LogP contribution in [0.3, 0.4) is 0 Å². The van der Waals surface area contributed by atoms with Crippen LogP contribution in [0.2, 0.25) is 0 Å². The number of ether oxygens (including phenoxy) is 1. The second-order valence-electron chi connectivity index (χ2n) is 9.86. The van der Waals surface area contributed by atoms with Gasteiger partial charge in [-0.3, -0.25) is 14.9 Å².